The van der Waals surface area contributed by atoms with E-state index in [1.807, 2.05) is 11.1 Å². The van der Waals surface area contributed by atoms with Gasteiger partial charge in [0.25, 0.3) is 0 Å². The molecule has 19 heavy (non-hydrogen) atoms. The van der Waals surface area contributed by atoms with Crippen molar-refractivity contribution in [2.45, 2.75) is 72.1 Å². The second-order valence-corrected chi connectivity index (χ2v) is 7.33. The molecule has 0 bridgehead atoms. The molecule has 1 saturated carbocycles. The van der Waals surface area contributed by atoms with Crippen molar-refractivity contribution in [3.63, 3.8) is 0 Å². The van der Waals surface area contributed by atoms with Crippen LogP contribution in [-0.2, 0) is 0 Å². The van der Waals surface area contributed by atoms with Crippen LogP contribution in [0.25, 0.3) is 0 Å². The summed E-state index contributed by atoms with van der Waals surface area (Å²) in [7, 11) is 0. The summed E-state index contributed by atoms with van der Waals surface area (Å²) in [6.07, 6.45) is 16.2. The normalized spacial score (nSPS) is 41.3. The maximum absolute atomic E-state index is 2.55. The topological polar surface area (TPSA) is 0 Å². The Kier molecular flexibility index (Phi) is 3.62. The standard InChI is InChI=1S/C19H30/c1-4-7-15-14(5-2)9-10-17-16(15)11-13-19(3)12-6-8-18(17)19/h6,12,16-18H,4-5,7-11,13H2,1-3H3. The maximum atomic E-state index is 2.55. The Morgan fingerprint density at radius 1 is 1.26 bits per heavy atom. The molecule has 1 fully saturated rings. The number of fused-ring (bicyclic) bond motifs is 3. The molecule has 0 N–H and O–H groups in total. The molecule has 0 aliphatic heterocycles. The fraction of sp³-hybridized carbons (Fsp3) is 0.789. The highest BCUT2D eigenvalue weighted by molar-refractivity contribution is 5.26. The van der Waals surface area contributed by atoms with Gasteiger partial charge in [-0.2, -0.15) is 0 Å². The maximum Gasteiger partial charge on any atom is -0.0112 e. The van der Waals surface area contributed by atoms with Gasteiger partial charge in [-0.1, -0.05) is 50.5 Å². The van der Waals surface area contributed by atoms with Gasteiger partial charge in [0.15, 0.2) is 0 Å². The van der Waals surface area contributed by atoms with E-state index in [0.29, 0.717) is 5.41 Å². The van der Waals surface area contributed by atoms with Gasteiger partial charge in [0.1, 0.15) is 0 Å². The van der Waals surface area contributed by atoms with E-state index in [4.69, 9.17) is 0 Å². The van der Waals surface area contributed by atoms with Crippen molar-refractivity contribution in [2.24, 2.45) is 23.2 Å². The van der Waals surface area contributed by atoms with Crippen LogP contribution in [0.15, 0.2) is 23.3 Å². The van der Waals surface area contributed by atoms with Crippen molar-refractivity contribution in [1.29, 1.82) is 0 Å². The van der Waals surface area contributed by atoms with Crippen molar-refractivity contribution >= 4 is 0 Å². The molecule has 3 rings (SSSR count). The Balaban J connectivity index is 1.89. The summed E-state index contributed by atoms with van der Waals surface area (Å²) < 4.78 is 0. The van der Waals surface area contributed by atoms with Gasteiger partial charge in [-0.15, -0.1) is 0 Å². The average Bonchev–Trinajstić information content (AvgIpc) is 2.81. The highest BCUT2D eigenvalue weighted by atomic mass is 14.5. The molecule has 4 unspecified atom stereocenters. The zero-order valence-corrected chi connectivity index (χ0v) is 13.0. The molecule has 0 heterocycles. The molecular formula is C19H30. The van der Waals surface area contributed by atoms with Crippen molar-refractivity contribution in [2.75, 3.05) is 0 Å². The molecule has 0 amide bonds. The molecule has 3 aliphatic rings. The molecule has 4 atom stereocenters. The van der Waals surface area contributed by atoms with Crippen LogP contribution < -0.4 is 0 Å². The third-order valence-electron chi connectivity index (χ3n) is 6.39. The highest BCUT2D eigenvalue weighted by Crippen LogP contribution is 2.58. The first-order valence-corrected chi connectivity index (χ1v) is 8.58. The molecule has 0 spiro atoms. The highest BCUT2D eigenvalue weighted by Gasteiger charge is 2.48. The molecular weight excluding hydrogens is 228 g/mol. The van der Waals surface area contributed by atoms with Gasteiger partial charge in [-0.25, -0.2) is 0 Å². The van der Waals surface area contributed by atoms with E-state index in [2.05, 4.69) is 32.9 Å². The van der Waals surface area contributed by atoms with Gasteiger partial charge < -0.3 is 0 Å². The van der Waals surface area contributed by atoms with Gasteiger partial charge in [-0.3, -0.25) is 0 Å². The van der Waals surface area contributed by atoms with Crippen LogP contribution in [0.5, 0.6) is 0 Å². The van der Waals surface area contributed by atoms with Crippen LogP contribution in [-0.4, -0.2) is 0 Å². The summed E-state index contributed by atoms with van der Waals surface area (Å²) >= 11 is 0. The van der Waals surface area contributed by atoms with Crippen LogP contribution >= 0.6 is 0 Å². The minimum atomic E-state index is 0.544. The Labute approximate surface area is 119 Å². The summed E-state index contributed by atoms with van der Waals surface area (Å²) in [5.41, 5.74) is 4.27. The third-order valence-corrected chi connectivity index (χ3v) is 6.39. The number of rotatable bonds is 3. The van der Waals surface area contributed by atoms with E-state index in [1.54, 1.807) is 0 Å². The Morgan fingerprint density at radius 3 is 2.84 bits per heavy atom. The zero-order valence-electron chi connectivity index (χ0n) is 13.0. The minimum absolute atomic E-state index is 0.544. The summed E-state index contributed by atoms with van der Waals surface area (Å²) in [5, 5.41) is 0. The largest absolute Gasteiger partial charge is 0.0877 e. The fourth-order valence-electron chi connectivity index (χ4n) is 5.40. The SMILES string of the molecule is CCCC1=C(CC)CCC2C1CCC1(C)C=CCC21. The van der Waals surface area contributed by atoms with E-state index in [-0.39, 0.29) is 0 Å². The molecule has 0 saturated heterocycles. The molecule has 106 valence electrons. The lowest BCUT2D eigenvalue weighted by Crippen LogP contribution is -2.41. The van der Waals surface area contributed by atoms with Crippen LogP contribution in [0.1, 0.15) is 72.1 Å². The van der Waals surface area contributed by atoms with E-state index in [0.717, 1.165) is 17.8 Å². The minimum Gasteiger partial charge on any atom is -0.0877 e. The first-order valence-electron chi connectivity index (χ1n) is 8.58. The second-order valence-electron chi connectivity index (χ2n) is 7.33. The molecule has 0 radical (unpaired) electrons. The first kappa shape index (κ1) is 13.5. The first-order chi connectivity index (χ1) is 9.19. The predicted molar refractivity (Wildman–Crippen MR) is 83.0 cm³/mol. The number of hydrogen-bond acceptors (Lipinski definition) is 0. The van der Waals surface area contributed by atoms with E-state index in [1.165, 1.54) is 51.4 Å². The van der Waals surface area contributed by atoms with Crippen molar-refractivity contribution in [3.8, 4) is 0 Å². The lowest BCUT2D eigenvalue weighted by Gasteiger charge is -2.49. The Hall–Kier alpha value is -0.520. The fourth-order valence-corrected chi connectivity index (χ4v) is 5.40. The molecule has 3 aliphatic carbocycles. The van der Waals surface area contributed by atoms with Gasteiger partial charge >= 0.3 is 0 Å². The summed E-state index contributed by atoms with van der Waals surface area (Å²) in [6.45, 7) is 7.25. The van der Waals surface area contributed by atoms with Crippen molar-refractivity contribution in [3.05, 3.63) is 23.3 Å². The molecule has 0 aromatic heterocycles. The smallest absolute Gasteiger partial charge is 0.0112 e. The monoisotopic (exact) mass is 258 g/mol. The molecule has 0 aromatic rings. The Morgan fingerprint density at radius 2 is 2.11 bits per heavy atom. The molecule has 0 nitrogen and oxygen atoms in total. The average molecular weight is 258 g/mol. The van der Waals surface area contributed by atoms with Gasteiger partial charge in [0.05, 0.1) is 0 Å². The van der Waals surface area contributed by atoms with E-state index < -0.39 is 0 Å². The molecule has 0 aromatic carbocycles. The van der Waals surface area contributed by atoms with Crippen LogP contribution in [0.4, 0.5) is 0 Å². The zero-order chi connectivity index (χ0) is 13.5. The van der Waals surface area contributed by atoms with Gasteiger partial charge in [0.2, 0.25) is 0 Å². The van der Waals surface area contributed by atoms with Gasteiger partial charge in [0, 0.05) is 0 Å². The predicted octanol–water partition coefficient (Wildman–Crippen LogP) is 5.90. The Bertz CT molecular complexity index is 400. The van der Waals surface area contributed by atoms with Crippen molar-refractivity contribution in [1.82, 2.24) is 0 Å². The lowest BCUT2D eigenvalue weighted by molar-refractivity contribution is 0.0628. The second kappa shape index (κ2) is 5.11. The quantitative estimate of drug-likeness (QED) is 0.553. The van der Waals surface area contributed by atoms with Crippen molar-refractivity contribution < 1.29 is 0 Å². The van der Waals surface area contributed by atoms with Gasteiger partial charge in [-0.05, 0) is 68.1 Å². The van der Waals surface area contributed by atoms with Crippen LogP contribution in [0.2, 0.25) is 0 Å². The van der Waals surface area contributed by atoms with E-state index in [9.17, 15) is 0 Å². The summed E-state index contributed by atoms with van der Waals surface area (Å²) in [5.74, 6) is 2.89. The number of hydrogen-bond donors (Lipinski definition) is 0. The summed E-state index contributed by atoms with van der Waals surface area (Å²) in [6, 6.07) is 0. The third kappa shape index (κ3) is 2.12. The van der Waals surface area contributed by atoms with Crippen LogP contribution in [0.3, 0.4) is 0 Å². The van der Waals surface area contributed by atoms with Crippen LogP contribution in [0, 0.1) is 23.2 Å². The molecule has 0 heteroatoms. The van der Waals surface area contributed by atoms with E-state index >= 15 is 0 Å². The lowest BCUT2D eigenvalue weighted by atomic mass is 9.55. The number of allylic oxidation sites excluding steroid dienone is 4. The summed E-state index contributed by atoms with van der Waals surface area (Å²) in [4.78, 5) is 0.